The van der Waals surface area contributed by atoms with Crippen molar-refractivity contribution in [1.29, 1.82) is 0 Å². The van der Waals surface area contributed by atoms with Crippen molar-refractivity contribution >= 4 is 0 Å². The molecule has 0 amide bonds. The molecule has 0 heterocycles. The fourth-order valence-corrected chi connectivity index (χ4v) is 2.51. The van der Waals surface area contributed by atoms with Gasteiger partial charge in [-0.15, -0.1) is 0 Å². The molecule has 3 heteroatoms. The Hall–Kier alpha value is -1.06. The average Bonchev–Trinajstić information content (AvgIpc) is 2.45. The topological polar surface area (TPSA) is 30.5 Å². The van der Waals surface area contributed by atoms with Crippen molar-refractivity contribution in [3.05, 3.63) is 29.8 Å². The molecule has 1 saturated carbocycles. The number of rotatable bonds is 11. The van der Waals surface area contributed by atoms with Crippen LogP contribution < -0.4 is 10.1 Å². The number of hydrogen-bond donors (Lipinski definition) is 1. The summed E-state index contributed by atoms with van der Waals surface area (Å²) in [5.41, 5.74) is 1.27. The van der Waals surface area contributed by atoms with Crippen LogP contribution in [0.4, 0.5) is 0 Å². The van der Waals surface area contributed by atoms with E-state index in [0.29, 0.717) is 13.2 Å². The van der Waals surface area contributed by atoms with Gasteiger partial charge in [-0.3, -0.25) is 0 Å². The van der Waals surface area contributed by atoms with Crippen molar-refractivity contribution in [2.45, 2.75) is 45.6 Å². The molecule has 1 aromatic rings. The first-order valence-corrected chi connectivity index (χ1v) is 8.38. The Balaban J connectivity index is 1.55. The predicted octanol–water partition coefficient (Wildman–Crippen LogP) is 3.77. The van der Waals surface area contributed by atoms with Gasteiger partial charge < -0.3 is 14.8 Å². The summed E-state index contributed by atoms with van der Waals surface area (Å²) in [6.07, 6.45) is 6.60. The van der Waals surface area contributed by atoms with Gasteiger partial charge in [-0.1, -0.05) is 38.3 Å². The van der Waals surface area contributed by atoms with Crippen LogP contribution in [0.2, 0.25) is 0 Å². The highest BCUT2D eigenvalue weighted by Gasteiger charge is 2.16. The summed E-state index contributed by atoms with van der Waals surface area (Å²) in [4.78, 5) is 0. The first-order chi connectivity index (χ1) is 10.4. The van der Waals surface area contributed by atoms with Gasteiger partial charge in [0.1, 0.15) is 12.4 Å². The lowest BCUT2D eigenvalue weighted by Gasteiger charge is -2.24. The maximum atomic E-state index is 5.75. The Bertz CT molecular complexity index is 391. The molecule has 1 aliphatic carbocycles. The SMILES string of the molecule is CCCNCc1cccc(OCCOCCC2CCC2)c1. The number of benzene rings is 1. The van der Waals surface area contributed by atoms with Crippen molar-refractivity contribution in [1.82, 2.24) is 5.32 Å². The van der Waals surface area contributed by atoms with Gasteiger partial charge in [0.15, 0.2) is 0 Å². The monoisotopic (exact) mass is 291 g/mol. The normalized spacial score (nSPS) is 14.9. The summed E-state index contributed by atoms with van der Waals surface area (Å²) in [7, 11) is 0. The molecular formula is C18H29NO2. The van der Waals surface area contributed by atoms with Gasteiger partial charge in [0.25, 0.3) is 0 Å². The molecule has 0 aromatic heterocycles. The lowest BCUT2D eigenvalue weighted by Crippen LogP contribution is -2.15. The fourth-order valence-electron chi connectivity index (χ4n) is 2.51. The van der Waals surface area contributed by atoms with Crippen molar-refractivity contribution in [3.8, 4) is 5.75 Å². The van der Waals surface area contributed by atoms with Gasteiger partial charge in [-0.2, -0.15) is 0 Å². The molecule has 0 saturated heterocycles. The zero-order chi connectivity index (χ0) is 14.8. The van der Waals surface area contributed by atoms with Crippen LogP contribution >= 0.6 is 0 Å². The molecular weight excluding hydrogens is 262 g/mol. The van der Waals surface area contributed by atoms with Crippen molar-refractivity contribution in [2.24, 2.45) is 5.92 Å². The third kappa shape index (κ3) is 6.49. The van der Waals surface area contributed by atoms with E-state index in [0.717, 1.165) is 37.8 Å². The molecule has 0 aliphatic heterocycles. The van der Waals surface area contributed by atoms with E-state index in [1.54, 1.807) is 0 Å². The van der Waals surface area contributed by atoms with E-state index < -0.39 is 0 Å². The molecule has 3 nitrogen and oxygen atoms in total. The predicted molar refractivity (Wildman–Crippen MR) is 86.7 cm³/mol. The van der Waals surface area contributed by atoms with Crippen LogP contribution in [-0.2, 0) is 11.3 Å². The molecule has 2 rings (SSSR count). The second kappa shape index (κ2) is 9.80. The summed E-state index contributed by atoms with van der Waals surface area (Å²) in [5.74, 6) is 1.87. The van der Waals surface area contributed by atoms with Crippen molar-refractivity contribution < 1.29 is 9.47 Å². The molecule has 1 fully saturated rings. The summed E-state index contributed by atoms with van der Waals surface area (Å²) < 4.78 is 11.4. The zero-order valence-corrected chi connectivity index (χ0v) is 13.3. The van der Waals surface area contributed by atoms with Gasteiger partial charge in [0.2, 0.25) is 0 Å². The van der Waals surface area contributed by atoms with Gasteiger partial charge in [0.05, 0.1) is 6.61 Å². The van der Waals surface area contributed by atoms with E-state index in [4.69, 9.17) is 9.47 Å². The molecule has 1 aromatic carbocycles. The van der Waals surface area contributed by atoms with Crippen LogP contribution in [0, 0.1) is 5.92 Å². The first-order valence-electron chi connectivity index (χ1n) is 8.38. The van der Waals surface area contributed by atoms with E-state index in [-0.39, 0.29) is 0 Å². The molecule has 0 unspecified atom stereocenters. The molecule has 21 heavy (non-hydrogen) atoms. The Kier molecular flexibility index (Phi) is 7.61. The maximum absolute atomic E-state index is 5.75. The number of hydrogen-bond acceptors (Lipinski definition) is 3. The van der Waals surface area contributed by atoms with E-state index in [1.165, 1.54) is 31.2 Å². The summed E-state index contributed by atoms with van der Waals surface area (Å²) in [6.45, 7) is 6.34. The lowest BCUT2D eigenvalue weighted by atomic mass is 9.83. The molecule has 118 valence electrons. The van der Waals surface area contributed by atoms with Crippen molar-refractivity contribution in [2.75, 3.05) is 26.4 Å². The van der Waals surface area contributed by atoms with Gasteiger partial charge in [-0.05, 0) is 43.0 Å². The summed E-state index contributed by atoms with van der Waals surface area (Å²) >= 11 is 0. The second-order valence-electron chi connectivity index (χ2n) is 5.87. The van der Waals surface area contributed by atoms with Crippen LogP contribution in [0.5, 0.6) is 5.75 Å². The van der Waals surface area contributed by atoms with Crippen LogP contribution in [0.1, 0.15) is 44.6 Å². The third-order valence-electron chi connectivity index (χ3n) is 4.05. The zero-order valence-electron chi connectivity index (χ0n) is 13.3. The maximum Gasteiger partial charge on any atom is 0.119 e. The van der Waals surface area contributed by atoms with Gasteiger partial charge in [0, 0.05) is 13.2 Å². The molecule has 1 N–H and O–H groups in total. The van der Waals surface area contributed by atoms with E-state index in [9.17, 15) is 0 Å². The quantitative estimate of drug-likeness (QED) is 0.630. The van der Waals surface area contributed by atoms with E-state index in [2.05, 4.69) is 30.4 Å². The molecule has 0 atom stereocenters. The summed E-state index contributed by atoms with van der Waals surface area (Å²) in [6, 6.07) is 8.30. The first kappa shape index (κ1) is 16.3. The van der Waals surface area contributed by atoms with Gasteiger partial charge >= 0.3 is 0 Å². The minimum absolute atomic E-state index is 0.635. The molecule has 0 spiro atoms. The minimum atomic E-state index is 0.635. The van der Waals surface area contributed by atoms with E-state index in [1.807, 2.05) is 6.07 Å². The standard InChI is InChI=1S/C18H29NO2/c1-2-10-19-15-17-7-4-8-18(14-17)21-13-12-20-11-9-16-5-3-6-16/h4,7-8,14,16,19H,2-3,5-6,9-13,15H2,1H3. The van der Waals surface area contributed by atoms with Crippen LogP contribution in [0.25, 0.3) is 0 Å². The van der Waals surface area contributed by atoms with Crippen LogP contribution in [-0.4, -0.2) is 26.4 Å². The molecule has 0 bridgehead atoms. The Morgan fingerprint density at radius 3 is 2.86 bits per heavy atom. The number of nitrogens with one attached hydrogen (secondary N) is 1. The molecule has 0 radical (unpaired) electrons. The van der Waals surface area contributed by atoms with Crippen molar-refractivity contribution in [3.63, 3.8) is 0 Å². The minimum Gasteiger partial charge on any atom is -0.491 e. The highest BCUT2D eigenvalue weighted by molar-refractivity contribution is 5.28. The summed E-state index contributed by atoms with van der Waals surface area (Å²) in [5, 5.41) is 3.40. The van der Waals surface area contributed by atoms with E-state index >= 15 is 0 Å². The second-order valence-corrected chi connectivity index (χ2v) is 5.87. The third-order valence-corrected chi connectivity index (χ3v) is 4.05. The average molecular weight is 291 g/mol. The Morgan fingerprint density at radius 1 is 1.19 bits per heavy atom. The van der Waals surface area contributed by atoms with Crippen LogP contribution in [0.15, 0.2) is 24.3 Å². The largest absolute Gasteiger partial charge is 0.491 e. The van der Waals surface area contributed by atoms with Gasteiger partial charge in [-0.25, -0.2) is 0 Å². The fraction of sp³-hybridized carbons (Fsp3) is 0.667. The smallest absolute Gasteiger partial charge is 0.119 e. The molecule has 1 aliphatic rings. The highest BCUT2D eigenvalue weighted by atomic mass is 16.5. The Labute approximate surface area is 129 Å². The lowest BCUT2D eigenvalue weighted by molar-refractivity contribution is 0.0812. The highest BCUT2D eigenvalue weighted by Crippen LogP contribution is 2.29. The number of ether oxygens (including phenoxy) is 2. The Morgan fingerprint density at radius 2 is 2.10 bits per heavy atom. The van der Waals surface area contributed by atoms with Crippen LogP contribution in [0.3, 0.4) is 0 Å².